The van der Waals surface area contributed by atoms with E-state index in [1.807, 2.05) is 19.1 Å². The normalized spacial score (nSPS) is 12.0. The maximum Gasteiger partial charge on any atom is 0.200 e. The highest BCUT2D eigenvalue weighted by Crippen LogP contribution is 2.35. The van der Waals surface area contributed by atoms with Crippen LogP contribution < -0.4 is 4.74 Å². The number of rotatable bonds is 3. The molecule has 1 rings (SSSR count). The molecule has 0 unspecified atom stereocenters. The molecule has 5 heteroatoms. The van der Waals surface area contributed by atoms with Gasteiger partial charge in [0.05, 0.1) is 13.2 Å². The summed E-state index contributed by atoms with van der Waals surface area (Å²) in [4.78, 5) is 0.0778. The van der Waals surface area contributed by atoms with Crippen LogP contribution in [0.25, 0.3) is 0 Å². The summed E-state index contributed by atoms with van der Waals surface area (Å²) in [5, 5.41) is 9.02. The van der Waals surface area contributed by atoms with Crippen LogP contribution in [0.15, 0.2) is 17.0 Å². The minimum atomic E-state index is -3.76. The highest BCUT2D eigenvalue weighted by atomic mass is 32.2. The summed E-state index contributed by atoms with van der Waals surface area (Å²) in [6.45, 7) is 6.37. The molecule has 0 N–H and O–H groups in total. The number of aryl methyl sites for hydroxylation is 2. The summed E-state index contributed by atoms with van der Waals surface area (Å²) in [5.74, 6) is 0.309. The predicted molar refractivity (Wildman–Crippen MR) is 69.3 cm³/mol. The van der Waals surface area contributed by atoms with Crippen molar-refractivity contribution >= 4 is 9.84 Å². The van der Waals surface area contributed by atoms with Crippen molar-refractivity contribution in [2.75, 3.05) is 7.11 Å². The topological polar surface area (TPSA) is 67.2 Å². The molecular weight excluding hydrogens is 250 g/mol. The molecular formula is C13H17NO3S. The molecule has 0 aliphatic carbocycles. The molecule has 0 spiro atoms. The average Bonchev–Trinajstić information content (AvgIpc) is 2.27. The Balaban J connectivity index is 3.67. The first-order valence-electron chi connectivity index (χ1n) is 5.48. The lowest BCUT2D eigenvalue weighted by Gasteiger charge is -2.20. The lowest BCUT2D eigenvalue weighted by molar-refractivity contribution is 0.398. The highest BCUT2D eigenvalue weighted by molar-refractivity contribution is 7.93. The molecule has 0 bridgehead atoms. The number of sulfone groups is 1. The van der Waals surface area contributed by atoms with Gasteiger partial charge in [-0.05, 0) is 44.9 Å². The maximum atomic E-state index is 12.5. The van der Waals surface area contributed by atoms with E-state index in [0.717, 1.165) is 11.1 Å². The van der Waals surface area contributed by atoms with Gasteiger partial charge in [-0.25, -0.2) is 8.42 Å². The van der Waals surface area contributed by atoms with Crippen molar-refractivity contribution in [2.45, 2.75) is 37.3 Å². The van der Waals surface area contributed by atoms with Crippen LogP contribution in [0.2, 0.25) is 0 Å². The fourth-order valence-corrected chi connectivity index (χ4v) is 3.21. The van der Waals surface area contributed by atoms with Gasteiger partial charge in [-0.1, -0.05) is 6.07 Å². The van der Waals surface area contributed by atoms with Crippen molar-refractivity contribution in [3.05, 3.63) is 23.3 Å². The first kappa shape index (κ1) is 14.5. The monoisotopic (exact) mass is 267 g/mol. The maximum absolute atomic E-state index is 12.5. The first-order valence-corrected chi connectivity index (χ1v) is 6.97. The largest absolute Gasteiger partial charge is 0.495 e. The van der Waals surface area contributed by atoms with Crippen LogP contribution in [-0.2, 0) is 9.84 Å². The lowest BCUT2D eigenvalue weighted by Crippen LogP contribution is -2.30. The second-order valence-corrected chi connectivity index (χ2v) is 7.21. The fourth-order valence-electron chi connectivity index (χ4n) is 1.71. The second kappa shape index (κ2) is 4.62. The quantitative estimate of drug-likeness (QED) is 0.843. The Kier molecular flexibility index (Phi) is 3.72. The number of nitrogens with zero attached hydrogens (tertiary/aromatic N) is 1. The number of hydrogen-bond donors (Lipinski definition) is 0. The molecule has 0 aromatic heterocycles. The summed E-state index contributed by atoms with van der Waals surface area (Å²) in [6, 6.07) is 5.21. The summed E-state index contributed by atoms with van der Waals surface area (Å²) in [7, 11) is -2.34. The van der Waals surface area contributed by atoms with Gasteiger partial charge in [0.2, 0.25) is 9.84 Å². The molecule has 0 amide bonds. The van der Waals surface area contributed by atoms with E-state index in [2.05, 4.69) is 0 Å². The molecule has 0 saturated heterocycles. The minimum Gasteiger partial charge on any atom is -0.495 e. The summed E-state index contributed by atoms with van der Waals surface area (Å²) in [5.41, 5.74) is 1.56. The van der Waals surface area contributed by atoms with Gasteiger partial charge >= 0.3 is 0 Å². The molecule has 0 heterocycles. The Morgan fingerprint density at radius 3 is 2.28 bits per heavy atom. The Bertz CT molecular complexity index is 610. The summed E-state index contributed by atoms with van der Waals surface area (Å²) >= 11 is 0. The lowest BCUT2D eigenvalue weighted by atomic mass is 10.1. The van der Waals surface area contributed by atoms with Gasteiger partial charge in [-0.3, -0.25) is 0 Å². The summed E-state index contributed by atoms with van der Waals surface area (Å²) < 4.78 is 28.6. The molecule has 1 aromatic carbocycles. The zero-order chi connectivity index (χ0) is 14.1. The van der Waals surface area contributed by atoms with Crippen LogP contribution in [0, 0.1) is 25.2 Å². The van der Waals surface area contributed by atoms with Gasteiger partial charge in [-0.2, -0.15) is 5.26 Å². The molecule has 0 atom stereocenters. The van der Waals surface area contributed by atoms with E-state index in [9.17, 15) is 8.42 Å². The molecule has 18 heavy (non-hydrogen) atoms. The van der Waals surface area contributed by atoms with Gasteiger partial charge in [0.15, 0.2) is 4.75 Å². The third-order valence-electron chi connectivity index (χ3n) is 2.82. The second-order valence-electron chi connectivity index (χ2n) is 4.74. The molecule has 0 fully saturated rings. The van der Waals surface area contributed by atoms with E-state index < -0.39 is 14.6 Å². The zero-order valence-electron chi connectivity index (χ0n) is 11.2. The van der Waals surface area contributed by atoms with E-state index in [4.69, 9.17) is 10.00 Å². The standard InChI is InChI=1S/C13H17NO3S/c1-9-6-10(2)12(17-5)11(7-9)18(15,16)13(3,4)8-14/h6-7H,1-5H3. The van der Waals surface area contributed by atoms with Crippen LogP contribution in [-0.4, -0.2) is 20.3 Å². The van der Waals surface area contributed by atoms with Crippen molar-refractivity contribution in [3.63, 3.8) is 0 Å². The number of nitriles is 1. The van der Waals surface area contributed by atoms with Crippen molar-refractivity contribution in [1.82, 2.24) is 0 Å². The molecule has 0 radical (unpaired) electrons. The molecule has 4 nitrogen and oxygen atoms in total. The third-order valence-corrected chi connectivity index (χ3v) is 5.14. The Morgan fingerprint density at radius 2 is 1.83 bits per heavy atom. The fraction of sp³-hybridized carbons (Fsp3) is 0.462. The minimum absolute atomic E-state index is 0.0778. The SMILES string of the molecule is COc1c(C)cc(C)cc1S(=O)(=O)C(C)(C)C#N. The molecule has 0 aliphatic heterocycles. The van der Waals surface area contributed by atoms with E-state index in [1.54, 1.807) is 13.0 Å². The smallest absolute Gasteiger partial charge is 0.200 e. The van der Waals surface area contributed by atoms with Gasteiger partial charge in [-0.15, -0.1) is 0 Å². The van der Waals surface area contributed by atoms with E-state index >= 15 is 0 Å². The van der Waals surface area contributed by atoms with Gasteiger partial charge < -0.3 is 4.74 Å². The van der Waals surface area contributed by atoms with Gasteiger partial charge in [0.25, 0.3) is 0 Å². The number of ether oxygens (including phenoxy) is 1. The van der Waals surface area contributed by atoms with Crippen molar-refractivity contribution in [3.8, 4) is 11.8 Å². The molecule has 0 aliphatic rings. The molecule has 1 aromatic rings. The Morgan fingerprint density at radius 1 is 1.28 bits per heavy atom. The van der Waals surface area contributed by atoms with E-state index in [0.29, 0.717) is 5.75 Å². The van der Waals surface area contributed by atoms with Crippen molar-refractivity contribution < 1.29 is 13.2 Å². The van der Waals surface area contributed by atoms with Crippen LogP contribution in [0.3, 0.4) is 0 Å². The number of hydrogen-bond acceptors (Lipinski definition) is 4. The van der Waals surface area contributed by atoms with Crippen LogP contribution in [0.5, 0.6) is 5.75 Å². The third kappa shape index (κ3) is 2.21. The van der Waals surface area contributed by atoms with Crippen molar-refractivity contribution in [2.24, 2.45) is 0 Å². The van der Waals surface area contributed by atoms with Crippen molar-refractivity contribution in [1.29, 1.82) is 5.26 Å². The van der Waals surface area contributed by atoms with E-state index in [1.165, 1.54) is 21.0 Å². The van der Waals surface area contributed by atoms with Gasteiger partial charge in [0, 0.05) is 0 Å². The zero-order valence-corrected chi connectivity index (χ0v) is 12.1. The van der Waals surface area contributed by atoms with Crippen LogP contribution in [0.1, 0.15) is 25.0 Å². The summed E-state index contributed by atoms with van der Waals surface area (Å²) in [6.07, 6.45) is 0. The van der Waals surface area contributed by atoms with E-state index in [-0.39, 0.29) is 4.90 Å². The average molecular weight is 267 g/mol. The Labute approximate surface area is 108 Å². The Hall–Kier alpha value is -1.54. The molecule has 0 saturated carbocycles. The number of methoxy groups -OCH3 is 1. The number of benzene rings is 1. The highest BCUT2D eigenvalue weighted by Gasteiger charge is 2.38. The first-order chi connectivity index (χ1) is 8.17. The van der Waals surface area contributed by atoms with Crippen LogP contribution in [0.4, 0.5) is 0 Å². The molecule has 98 valence electrons. The van der Waals surface area contributed by atoms with Gasteiger partial charge in [0.1, 0.15) is 10.6 Å². The predicted octanol–water partition coefficient (Wildman–Crippen LogP) is 2.39. The van der Waals surface area contributed by atoms with Crippen LogP contribution >= 0.6 is 0 Å².